The van der Waals surface area contributed by atoms with Crippen molar-refractivity contribution < 1.29 is 4.79 Å². The lowest BCUT2D eigenvalue weighted by molar-refractivity contribution is -0.132. The van der Waals surface area contributed by atoms with Crippen LogP contribution in [0.1, 0.15) is 33.6 Å². The summed E-state index contributed by atoms with van der Waals surface area (Å²) in [6.07, 6.45) is 3.26. The number of fused-ring (bicyclic) bond motifs is 1. The van der Waals surface area contributed by atoms with E-state index in [1.54, 1.807) is 0 Å². The molecule has 0 atom stereocenters. The Morgan fingerprint density at radius 1 is 1.14 bits per heavy atom. The van der Waals surface area contributed by atoms with Crippen LogP contribution in [0.4, 0.5) is 5.13 Å². The highest BCUT2D eigenvalue weighted by Crippen LogP contribution is 2.26. The van der Waals surface area contributed by atoms with E-state index in [1.165, 1.54) is 22.2 Å². The summed E-state index contributed by atoms with van der Waals surface area (Å²) in [6, 6.07) is 0. The van der Waals surface area contributed by atoms with E-state index in [2.05, 4.69) is 40.5 Å². The minimum atomic E-state index is -0.178. The molecule has 3 rings (SSSR count). The number of hydrogen-bond acceptors (Lipinski definition) is 7. The fraction of sp³-hybridized carbons (Fsp3) is 0.684. The Kier molecular flexibility index (Phi) is 7.01. The first kappa shape index (κ1) is 20.7. The van der Waals surface area contributed by atoms with Crippen molar-refractivity contribution in [3.8, 4) is 0 Å². The summed E-state index contributed by atoms with van der Waals surface area (Å²) in [5, 5.41) is 0.845. The molecule has 0 saturated carbocycles. The van der Waals surface area contributed by atoms with Gasteiger partial charge in [0.25, 0.3) is 5.56 Å². The molecule has 28 heavy (non-hydrogen) atoms. The van der Waals surface area contributed by atoms with Crippen molar-refractivity contribution in [3.63, 3.8) is 0 Å². The van der Waals surface area contributed by atoms with Gasteiger partial charge in [-0.15, -0.1) is 0 Å². The van der Waals surface area contributed by atoms with Gasteiger partial charge in [-0.25, -0.2) is 4.98 Å². The van der Waals surface area contributed by atoms with Crippen LogP contribution in [-0.4, -0.2) is 76.1 Å². The smallest absolute Gasteiger partial charge is 0.273 e. The summed E-state index contributed by atoms with van der Waals surface area (Å²) in [6.45, 7) is 12.6. The second-order valence-corrected chi connectivity index (χ2v) is 8.11. The Bertz CT molecular complexity index is 850. The van der Waals surface area contributed by atoms with Crippen molar-refractivity contribution >= 4 is 32.7 Å². The van der Waals surface area contributed by atoms with Gasteiger partial charge in [-0.1, -0.05) is 32.1 Å². The molecule has 0 aromatic carbocycles. The predicted octanol–water partition coefficient (Wildman–Crippen LogP) is 1.64. The highest BCUT2D eigenvalue weighted by atomic mass is 32.1. The van der Waals surface area contributed by atoms with Gasteiger partial charge in [0.2, 0.25) is 5.91 Å². The Balaban J connectivity index is 1.78. The molecule has 0 spiro atoms. The van der Waals surface area contributed by atoms with Gasteiger partial charge in [-0.05, 0) is 19.4 Å². The third-order valence-corrected chi connectivity index (χ3v) is 6.20. The number of anilines is 1. The van der Waals surface area contributed by atoms with Gasteiger partial charge in [0, 0.05) is 39.3 Å². The van der Waals surface area contributed by atoms with Gasteiger partial charge < -0.3 is 14.7 Å². The van der Waals surface area contributed by atoms with Crippen molar-refractivity contribution in [1.82, 2.24) is 24.3 Å². The number of carbonyl (C=O) groups is 1. The maximum Gasteiger partial charge on any atom is 0.273 e. The molecule has 1 aliphatic heterocycles. The van der Waals surface area contributed by atoms with Crippen LogP contribution in [0.3, 0.4) is 0 Å². The molecule has 1 fully saturated rings. The average Bonchev–Trinajstić information content (AvgIpc) is 3.15. The topological polar surface area (TPSA) is 74.6 Å². The zero-order valence-electron chi connectivity index (χ0n) is 17.1. The molecule has 8 nitrogen and oxygen atoms in total. The molecule has 154 valence electrons. The molecular formula is C19H30N6O2S. The molecule has 3 heterocycles. The zero-order chi connectivity index (χ0) is 20.1. The quantitative estimate of drug-likeness (QED) is 0.664. The summed E-state index contributed by atoms with van der Waals surface area (Å²) in [7, 11) is 0. The standard InChI is InChI=1S/C19H30N6O2S/c1-4-7-23(8-5-2)15(26)13-25-14-20-17-16(18(25)27)28-19(21-17)24-11-9-22(6-3)10-12-24/h14H,4-13H2,1-3H3. The van der Waals surface area contributed by atoms with Gasteiger partial charge in [-0.3, -0.25) is 14.2 Å². The van der Waals surface area contributed by atoms with Crippen LogP contribution in [0.15, 0.2) is 11.1 Å². The minimum Gasteiger partial charge on any atom is -0.345 e. The number of piperazine rings is 1. The largest absolute Gasteiger partial charge is 0.345 e. The molecule has 1 aliphatic rings. The van der Waals surface area contributed by atoms with E-state index in [1.807, 2.05) is 4.90 Å². The second kappa shape index (κ2) is 9.47. The Labute approximate surface area is 169 Å². The molecule has 1 amide bonds. The first-order chi connectivity index (χ1) is 13.6. The van der Waals surface area contributed by atoms with Crippen LogP contribution < -0.4 is 10.5 Å². The SMILES string of the molecule is CCCN(CCC)C(=O)Cn1cnc2nc(N3CCN(CC)CC3)sc2c1=O. The first-order valence-electron chi connectivity index (χ1n) is 10.2. The van der Waals surface area contributed by atoms with Crippen LogP contribution in [0.5, 0.6) is 0 Å². The van der Waals surface area contributed by atoms with E-state index in [-0.39, 0.29) is 18.0 Å². The van der Waals surface area contributed by atoms with E-state index in [9.17, 15) is 9.59 Å². The normalized spacial score (nSPS) is 15.3. The highest BCUT2D eigenvalue weighted by molar-refractivity contribution is 7.22. The van der Waals surface area contributed by atoms with Crippen LogP contribution in [0.2, 0.25) is 0 Å². The fourth-order valence-electron chi connectivity index (χ4n) is 3.49. The van der Waals surface area contributed by atoms with Crippen LogP contribution in [0, 0.1) is 0 Å². The molecule has 9 heteroatoms. The van der Waals surface area contributed by atoms with Gasteiger partial charge in [0.1, 0.15) is 17.6 Å². The molecule has 1 saturated heterocycles. The van der Waals surface area contributed by atoms with Crippen LogP contribution in [-0.2, 0) is 11.3 Å². The first-order valence-corrected chi connectivity index (χ1v) is 11.0. The van der Waals surface area contributed by atoms with Crippen molar-refractivity contribution in [2.75, 3.05) is 50.7 Å². The van der Waals surface area contributed by atoms with E-state index in [4.69, 9.17) is 0 Å². The molecule has 0 unspecified atom stereocenters. The van der Waals surface area contributed by atoms with Gasteiger partial charge in [-0.2, -0.15) is 4.98 Å². The van der Waals surface area contributed by atoms with E-state index in [0.29, 0.717) is 23.4 Å². The number of aromatic nitrogens is 3. The molecular weight excluding hydrogens is 376 g/mol. The number of amides is 1. The number of thiazole rings is 1. The summed E-state index contributed by atoms with van der Waals surface area (Å²) < 4.78 is 1.95. The predicted molar refractivity (Wildman–Crippen MR) is 113 cm³/mol. The number of carbonyl (C=O) groups excluding carboxylic acids is 1. The summed E-state index contributed by atoms with van der Waals surface area (Å²) in [5.74, 6) is -0.0348. The number of likely N-dealkylation sites (N-methyl/N-ethyl adjacent to an activating group) is 1. The Morgan fingerprint density at radius 3 is 2.43 bits per heavy atom. The van der Waals surface area contributed by atoms with E-state index in [0.717, 1.165) is 50.7 Å². The van der Waals surface area contributed by atoms with Gasteiger partial charge >= 0.3 is 0 Å². The second-order valence-electron chi connectivity index (χ2n) is 7.13. The van der Waals surface area contributed by atoms with Crippen LogP contribution in [0.25, 0.3) is 10.3 Å². The van der Waals surface area contributed by atoms with Gasteiger partial charge in [0.15, 0.2) is 10.8 Å². The number of hydrogen-bond donors (Lipinski definition) is 0. The van der Waals surface area contributed by atoms with Crippen LogP contribution >= 0.6 is 11.3 Å². The Hall–Kier alpha value is -2.00. The molecule has 0 aliphatic carbocycles. The third kappa shape index (κ3) is 4.52. The fourth-order valence-corrected chi connectivity index (χ4v) is 4.51. The molecule has 2 aromatic heterocycles. The zero-order valence-corrected chi connectivity index (χ0v) is 17.9. The van der Waals surface area contributed by atoms with Crippen molar-refractivity contribution in [3.05, 3.63) is 16.7 Å². The summed E-state index contributed by atoms with van der Waals surface area (Å²) in [5.41, 5.74) is 0.299. The lowest BCUT2D eigenvalue weighted by Gasteiger charge is -2.33. The molecule has 0 N–H and O–H groups in total. The highest BCUT2D eigenvalue weighted by Gasteiger charge is 2.21. The monoisotopic (exact) mass is 406 g/mol. The maximum absolute atomic E-state index is 12.9. The molecule has 2 aromatic rings. The van der Waals surface area contributed by atoms with E-state index >= 15 is 0 Å². The summed E-state index contributed by atoms with van der Waals surface area (Å²) in [4.78, 5) is 40.9. The van der Waals surface area contributed by atoms with E-state index < -0.39 is 0 Å². The van der Waals surface area contributed by atoms with Crippen molar-refractivity contribution in [1.29, 1.82) is 0 Å². The minimum absolute atomic E-state index is 0.0319. The molecule has 0 bridgehead atoms. The number of rotatable bonds is 8. The Morgan fingerprint density at radius 2 is 1.82 bits per heavy atom. The summed E-state index contributed by atoms with van der Waals surface area (Å²) >= 11 is 1.38. The average molecular weight is 407 g/mol. The van der Waals surface area contributed by atoms with Crippen molar-refractivity contribution in [2.24, 2.45) is 0 Å². The van der Waals surface area contributed by atoms with Gasteiger partial charge in [0.05, 0.1) is 0 Å². The van der Waals surface area contributed by atoms with Crippen molar-refractivity contribution in [2.45, 2.75) is 40.2 Å². The molecule has 0 radical (unpaired) electrons. The maximum atomic E-state index is 12.9. The lowest BCUT2D eigenvalue weighted by atomic mass is 10.3. The number of nitrogens with zero attached hydrogens (tertiary/aromatic N) is 6. The third-order valence-electron chi connectivity index (χ3n) is 5.11. The lowest BCUT2D eigenvalue weighted by Crippen LogP contribution is -2.46.